The molecule has 29 heavy (non-hydrogen) atoms. The molecular weight excluding hydrogens is 364 g/mol. The van der Waals surface area contributed by atoms with Crippen molar-refractivity contribution in [2.24, 2.45) is 11.8 Å². The van der Waals surface area contributed by atoms with Crippen LogP contribution in [0.1, 0.15) is 37.7 Å². The van der Waals surface area contributed by atoms with Crippen molar-refractivity contribution in [3.8, 4) is 0 Å². The Kier molecular flexibility index (Phi) is 6.62. The number of rotatable bonds is 7. The highest BCUT2D eigenvalue weighted by Crippen LogP contribution is 2.28. The van der Waals surface area contributed by atoms with Crippen LogP contribution >= 0.6 is 0 Å². The van der Waals surface area contributed by atoms with Crippen LogP contribution in [0.2, 0.25) is 0 Å². The fourth-order valence-electron chi connectivity index (χ4n) is 4.83. The minimum atomic E-state index is -0.444. The highest BCUT2D eigenvalue weighted by Gasteiger charge is 2.34. The lowest BCUT2D eigenvalue weighted by molar-refractivity contribution is -0.123. The zero-order chi connectivity index (χ0) is 20.1. The lowest BCUT2D eigenvalue weighted by atomic mass is 9.92. The first kappa shape index (κ1) is 20.1. The van der Waals surface area contributed by atoms with Crippen molar-refractivity contribution in [1.29, 1.82) is 0 Å². The molecule has 6 heteroatoms. The Balaban J connectivity index is 1.17. The van der Waals surface area contributed by atoms with Crippen LogP contribution in [0.5, 0.6) is 0 Å². The SMILES string of the molecule is O=C(CC1CCN(Cc2ccccc2)CC1)N[C@@H]1CC(Cn2ccnc2)C[C@H]1O. The fourth-order valence-corrected chi connectivity index (χ4v) is 4.83. The first-order chi connectivity index (χ1) is 14.2. The Morgan fingerprint density at radius 3 is 2.66 bits per heavy atom. The Morgan fingerprint density at radius 2 is 1.93 bits per heavy atom. The summed E-state index contributed by atoms with van der Waals surface area (Å²) in [6, 6.07) is 10.5. The van der Waals surface area contributed by atoms with Crippen LogP contribution in [-0.4, -0.2) is 50.7 Å². The summed E-state index contributed by atoms with van der Waals surface area (Å²) in [6.07, 6.45) is 9.37. The number of hydrogen-bond donors (Lipinski definition) is 2. The van der Waals surface area contributed by atoms with Crippen LogP contribution in [-0.2, 0) is 17.9 Å². The van der Waals surface area contributed by atoms with E-state index in [1.165, 1.54) is 5.56 Å². The molecule has 1 aromatic heterocycles. The van der Waals surface area contributed by atoms with E-state index < -0.39 is 6.10 Å². The number of carbonyl (C=O) groups excluding carboxylic acids is 1. The molecule has 1 saturated heterocycles. The standard InChI is InChI=1S/C23H32N4O2/c28-22-13-20(16-27-11-8-24-17-27)12-21(22)25-23(29)14-18-6-9-26(10-7-18)15-19-4-2-1-3-5-19/h1-5,8,11,17-18,20-22,28H,6-7,9-10,12-16H2,(H,25,29)/t20?,21-,22-/m1/s1. The van der Waals surface area contributed by atoms with E-state index in [0.717, 1.165) is 51.9 Å². The molecule has 1 aliphatic carbocycles. The Labute approximate surface area is 172 Å². The zero-order valence-electron chi connectivity index (χ0n) is 17.0. The third kappa shape index (κ3) is 5.67. The molecule has 2 aromatic rings. The summed E-state index contributed by atoms with van der Waals surface area (Å²) in [4.78, 5) is 19.1. The number of aliphatic hydroxyl groups is 1. The highest BCUT2D eigenvalue weighted by atomic mass is 16.3. The molecule has 0 spiro atoms. The second-order valence-electron chi connectivity index (χ2n) is 8.75. The second kappa shape index (κ2) is 9.55. The van der Waals surface area contributed by atoms with Crippen LogP contribution < -0.4 is 5.32 Å². The molecule has 2 aliphatic rings. The van der Waals surface area contributed by atoms with Crippen LogP contribution in [0.15, 0.2) is 49.1 Å². The monoisotopic (exact) mass is 396 g/mol. The van der Waals surface area contributed by atoms with Crippen molar-refractivity contribution < 1.29 is 9.90 Å². The maximum Gasteiger partial charge on any atom is 0.220 e. The van der Waals surface area contributed by atoms with E-state index in [9.17, 15) is 9.90 Å². The van der Waals surface area contributed by atoms with Crippen LogP contribution in [0, 0.1) is 11.8 Å². The fraction of sp³-hybridized carbons (Fsp3) is 0.565. The van der Waals surface area contributed by atoms with Gasteiger partial charge in [-0.15, -0.1) is 0 Å². The quantitative estimate of drug-likeness (QED) is 0.754. The molecule has 0 radical (unpaired) electrons. The number of aromatic nitrogens is 2. The number of aliphatic hydroxyl groups excluding tert-OH is 1. The van der Waals surface area contributed by atoms with Crippen molar-refractivity contribution in [3.05, 3.63) is 54.6 Å². The molecular formula is C23H32N4O2. The molecule has 2 N–H and O–H groups in total. The number of hydrogen-bond acceptors (Lipinski definition) is 4. The minimum absolute atomic E-state index is 0.0961. The van der Waals surface area contributed by atoms with E-state index in [0.29, 0.717) is 18.3 Å². The topological polar surface area (TPSA) is 70.4 Å². The number of nitrogens with zero attached hydrogens (tertiary/aromatic N) is 3. The van der Waals surface area contributed by atoms with E-state index in [1.807, 2.05) is 17.1 Å². The summed E-state index contributed by atoms with van der Waals surface area (Å²) in [5.74, 6) is 0.923. The van der Waals surface area contributed by atoms with Crippen LogP contribution in [0.4, 0.5) is 0 Å². The van der Waals surface area contributed by atoms with Crippen molar-refractivity contribution in [3.63, 3.8) is 0 Å². The number of piperidine rings is 1. The molecule has 1 unspecified atom stereocenters. The Bertz CT molecular complexity index is 756. The van der Waals surface area contributed by atoms with Crippen molar-refractivity contribution in [2.45, 2.75) is 57.3 Å². The number of benzene rings is 1. The van der Waals surface area contributed by atoms with Gasteiger partial charge in [0.15, 0.2) is 0 Å². The predicted octanol–water partition coefficient (Wildman–Crippen LogP) is 2.44. The first-order valence-corrected chi connectivity index (χ1v) is 10.8. The molecule has 6 nitrogen and oxygen atoms in total. The largest absolute Gasteiger partial charge is 0.391 e. The van der Waals surface area contributed by atoms with Crippen molar-refractivity contribution in [1.82, 2.24) is 19.8 Å². The summed E-state index contributed by atoms with van der Waals surface area (Å²) in [5.41, 5.74) is 1.35. The zero-order valence-corrected chi connectivity index (χ0v) is 17.0. The number of imidazole rings is 1. The summed E-state index contributed by atoms with van der Waals surface area (Å²) in [6.45, 7) is 3.94. The van der Waals surface area contributed by atoms with E-state index in [1.54, 1.807) is 6.20 Å². The molecule has 0 bridgehead atoms. The molecule has 1 aliphatic heterocycles. The van der Waals surface area contributed by atoms with E-state index in [4.69, 9.17) is 0 Å². The van der Waals surface area contributed by atoms with Gasteiger partial charge < -0.3 is 15.0 Å². The Morgan fingerprint density at radius 1 is 1.14 bits per heavy atom. The van der Waals surface area contributed by atoms with Crippen molar-refractivity contribution in [2.75, 3.05) is 13.1 Å². The van der Waals surface area contributed by atoms with Crippen molar-refractivity contribution >= 4 is 5.91 Å². The van der Waals surface area contributed by atoms with Gasteiger partial charge in [0.25, 0.3) is 0 Å². The summed E-state index contributed by atoms with van der Waals surface area (Å²) < 4.78 is 2.05. The van der Waals surface area contributed by atoms with Gasteiger partial charge in [-0.1, -0.05) is 30.3 Å². The normalized spacial score (nSPS) is 25.9. The number of carbonyl (C=O) groups is 1. The minimum Gasteiger partial charge on any atom is -0.391 e. The van der Waals surface area contributed by atoms with Gasteiger partial charge in [0.05, 0.1) is 18.5 Å². The van der Waals surface area contributed by atoms with Gasteiger partial charge in [-0.3, -0.25) is 9.69 Å². The molecule has 1 amide bonds. The first-order valence-electron chi connectivity index (χ1n) is 10.8. The van der Waals surface area contributed by atoms with Gasteiger partial charge in [-0.05, 0) is 56.2 Å². The van der Waals surface area contributed by atoms with Gasteiger partial charge in [0, 0.05) is 31.9 Å². The van der Waals surface area contributed by atoms with E-state index >= 15 is 0 Å². The van der Waals surface area contributed by atoms with E-state index in [2.05, 4.69) is 45.5 Å². The Hall–Kier alpha value is -2.18. The average molecular weight is 397 g/mol. The van der Waals surface area contributed by atoms with Crippen LogP contribution in [0.3, 0.4) is 0 Å². The maximum absolute atomic E-state index is 12.6. The van der Waals surface area contributed by atoms with Gasteiger partial charge >= 0.3 is 0 Å². The average Bonchev–Trinajstić information content (AvgIpc) is 3.34. The van der Waals surface area contributed by atoms with E-state index in [-0.39, 0.29) is 11.9 Å². The third-order valence-electron chi connectivity index (χ3n) is 6.43. The molecule has 4 rings (SSSR count). The summed E-state index contributed by atoms with van der Waals surface area (Å²) in [5, 5.41) is 13.5. The number of likely N-dealkylation sites (tertiary alicyclic amines) is 1. The lowest BCUT2D eigenvalue weighted by Gasteiger charge is -2.32. The summed E-state index contributed by atoms with van der Waals surface area (Å²) in [7, 11) is 0. The molecule has 156 valence electrons. The number of nitrogens with one attached hydrogen (secondary N) is 1. The smallest absolute Gasteiger partial charge is 0.220 e. The van der Waals surface area contributed by atoms with Gasteiger partial charge in [-0.2, -0.15) is 0 Å². The molecule has 1 saturated carbocycles. The predicted molar refractivity (Wildman–Crippen MR) is 112 cm³/mol. The highest BCUT2D eigenvalue weighted by molar-refractivity contribution is 5.76. The molecule has 2 fully saturated rings. The molecule has 1 aromatic carbocycles. The van der Waals surface area contributed by atoms with Crippen LogP contribution in [0.25, 0.3) is 0 Å². The van der Waals surface area contributed by atoms with Gasteiger partial charge in [0.1, 0.15) is 0 Å². The molecule has 3 atom stereocenters. The number of amides is 1. The second-order valence-corrected chi connectivity index (χ2v) is 8.75. The summed E-state index contributed by atoms with van der Waals surface area (Å²) >= 11 is 0. The maximum atomic E-state index is 12.6. The van der Waals surface area contributed by atoms with Gasteiger partial charge in [-0.25, -0.2) is 4.98 Å². The van der Waals surface area contributed by atoms with Gasteiger partial charge in [0.2, 0.25) is 5.91 Å². The molecule has 2 heterocycles. The lowest BCUT2D eigenvalue weighted by Crippen LogP contribution is -2.41. The third-order valence-corrected chi connectivity index (χ3v) is 6.43.